The smallest absolute Gasteiger partial charge is 0.416 e. The van der Waals surface area contributed by atoms with Crippen LogP contribution in [0.1, 0.15) is 16.7 Å². The first-order valence-corrected chi connectivity index (χ1v) is 11.7. The van der Waals surface area contributed by atoms with E-state index in [0.29, 0.717) is 11.8 Å². The Kier molecular flexibility index (Phi) is 7.42. The van der Waals surface area contributed by atoms with Crippen molar-refractivity contribution in [2.75, 3.05) is 16.6 Å². The lowest BCUT2D eigenvalue weighted by Gasteiger charge is -2.14. The number of carbonyl (C=O) groups is 1. The number of rotatable bonds is 7. The minimum absolute atomic E-state index is 0.0661. The van der Waals surface area contributed by atoms with Gasteiger partial charge in [0.05, 0.1) is 15.5 Å². The van der Waals surface area contributed by atoms with Gasteiger partial charge in [0.25, 0.3) is 15.9 Å². The summed E-state index contributed by atoms with van der Waals surface area (Å²) in [5.74, 6) is -0.368. The topological polar surface area (TPSA) is 84.5 Å². The number of para-hydroxylation sites is 1. The normalized spacial score (nSPS) is 11.7. The predicted octanol–water partition coefficient (Wildman–Crippen LogP) is 5.79. The van der Waals surface area contributed by atoms with Crippen molar-refractivity contribution >= 4 is 38.9 Å². The number of halogens is 4. The van der Waals surface area contributed by atoms with E-state index in [9.17, 15) is 26.4 Å². The van der Waals surface area contributed by atoms with Crippen LogP contribution < -0.4 is 14.8 Å². The highest BCUT2D eigenvalue weighted by Crippen LogP contribution is 2.32. The van der Waals surface area contributed by atoms with Crippen LogP contribution in [0.3, 0.4) is 0 Å². The van der Waals surface area contributed by atoms with E-state index in [-0.39, 0.29) is 28.0 Å². The summed E-state index contributed by atoms with van der Waals surface area (Å²) in [6.07, 6.45) is -4.62. The number of ether oxygens (including phenoxy) is 1. The summed E-state index contributed by atoms with van der Waals surface area (Å²) in [5, 5.41) is 2.66. The molecule has 0 heterocycles. The van der Waals surface area contributed by atoms with Crippen LogP contribution in [0.2, 0.25) is 5.02 Å². The third-order valence-corrected chi connectivity index (χ3v) is 6.43. The molecule has 0 atom stereocenters. The highest BCUT2D eigenvalue weighted by molar-refractivity contribution is 7.92. The van der Waals surface area contributed by atoms with Gasteiger partial charge in [-0.1, -0.05) is 35.9 Å². The third kappa shape index (κ3) is 6.21. The van der Waals surface area contributed by atoms with Crippen molar-refractivity contribution in [1.29, 1.82) is 0 Å². The summed E-state index contributed by atoms with van der Waals surface area (Å²) in [6, 6.07) is 12.9. The zero-order valence-electron chi connectivity index (χ0n) is 18.0. The summed E-state index contributed by atoms with van der Waals surface area (Å²) in [4.78, 5) is 12.0. The van der Waals surface area contributed by atoms with E-state index in [4.69, 9.17) is 16.3 Å². The Morgan fingerprint density at radius 1 is 1.00 bits per heavy atom. The van der Waals surface area contributed by atoms with Gasteiger partial charge in [-0.15, -0.1) is 0 Å². The lowest BCUT2D eigenvalue weighted by molar-refractivity contribution is -0.137. The second kappa shape index (κ2) is 9.94. The standard InChI is InChI=1S/C23H20ClF3N2O4S/c1-14-5-3-6-15(2)22(14)28-21(30)13-33-20-10-9-18(12-19(20)24)34(31,32)29-17-8-4-7-16(11-17)23(25,26)27/h3-12,29H,13H2,1-2H3,(H,28,30). The van der Waals surface area contributed by atoms with Crippen LogP contribution in [0.25, 0.3) is 0 Å². The monoisotopic (exact) mass is 512 g/mol. The number of hydrogen-bond acceptors (Lipinski definition) is 4. The molecule has 0 bridgehead atoms. The maximum absolute atomic E-state index is 12.9. The van der Waals surface area contributed by atoms with E-state index in [1.807, 2.05) is 32.0 Å². The first-order valence-electron chi connectivity index (χ1n) is 9.85. The van der Waals surface area contributed by atoms with Gasteiger partial charge in [-0.2, -0.15) is 13.2 Å². The number of benzene rings is 3. The lowest BCUT2D eigenvalue weighted by atomic mass is 10.1. The molecule has 0 saturated heterocycles. The lowest BCUT2D eigenvalue weighted by Crippen LogP contribution is -2.21. The van der Waals surface area contributed by atoms with Crippen molar-refractivity contribution in [1.82, 2.24) is 0 Å². The SMILES string of the molecule is Cc1cccc(C)c1NC(=O)COc1ccc(S(=O)(=O)Nc2cccc(C(F)(F)F)c2)cc1Cl. The molecule has 11 heteroatoms. The zero-order chi connectivity index (χ0) is 25.1. The minimum Gasteiger partial charge on any atom is -0.482 e. The summed E-state index contributed by atoms with van der Waals surface area (Å²) in [6.45, 7) is 3.34. The molecule has 1 amide bonds. The molecule has 0 spiro atoms. The van der Waals surface area contributed by atoms with Crippen molar-refractivity contribution in [2.24, 2.45) is 0 Å². The van der Waals surface area contributed by atoms with Crippen molar-refractivity contribution in [3.8, 4) is 5.75 Å². The van der Waals surface area contributed by atoms with E-state index in [0.717, 1.165) is 29.3 Å². The van der Waals surface area contributed by atoms with Crippen LogP contribution in [-0.4, -0.2) is 20.9 Å². The van der Waals surface area contributed by atoms with Gasteiger partial charge >= 0.3 is 6.18 Å². The van der Waals surface area contributed by atoms with Crippen LogP contribution in [-0.2, 0) is 21.0 Å². The Labute approximate surface area is 199 Å². The van der Waals surface area contributed by atoms with Crippen LogP contribution in [0, 0.1) is 13.8 Å². The molecule has 0 saturated carbocycles. The fraction of sp³-hybridized carbons (Fsp3) is 0.174. The number of amides is 1. The third-order valence-electron chi connectivity index (χ3n) is 4.76. The number of anilines is 2. The zero-order valence-corrected chi connectivity index (χ0v) is 19.6. The largest absolute Gasteiger partial charge is 0.482 e. The van der Waals surface area contributed by atoms with Crippen LogP contribution in [0.15, 0.2) is 65.6 Å². The van der Waals surface area contributed by atoms with Crippen molar-refractivity contribution in [2.45, 2.75) is 24.9 Å². The summed E-state index contributed by atoms with van der Waals surface area (Å²) >= 11 is 6.12. The Morgan fingerprint density at radius 2 is 1.65 bits per heavy atom. The van der Waals surface area contributed by atoms with E-state index in [1.165, 1.54) is 18.2 Å². The Hall–Kier alpha value is -3.24. The predicted molar refractivity (Wildman–Crippen MR) is 124 cm³/mol. The second-order valence-electron chi connectivity index (χ2n) is 7.38. The molecule has 34 heavy (non-hydrogen) atoms. The average Bonchev–Trinajstić information content (AvgIpc) is 2.75. The van der Waals surface area contributed by atoms with Crippen LogP contribution in [0.4, 0.5) is 24.5 Å². The number of aryl methyl sites for hydroxylation is 2. The molecular formula is C23H20ClF3N2O4S. The van der Waals surface area contributed by atoms with Gasteiger partial charge in [0, 0.05) is 11.4 Å². The first kappa shape index (κ1) is 25.4. The Morgan fingerprint density at radius 3 is 2.26 bits per heavy atom. The van der Waals surface area contributed by atoms with Gasteiger partial charge in [-0.25, -0.2) is 8.42 Å². The van der Waals surface area contributed by atoms with Gasteiger partial charge < -0.3 is 10.1 Å². The fourth-order valence-corrected chi connectivity index (χ4v) is 4.44. The molecule has 6 nitrogen and oxygen atoms in total. The molecule has 3 rings (SSSR count). The van der Waals surface area contributed by atoms with Crippen molar-refractivity contribution < 1.29 is 31.1 Å². The van der Waals surface area contributed by atoms with Gasteiger partial charge in [0.2, 0.25) is 0 Å². The number of hydrogen-bond donors (Lipinski definition) is 2. The molecule has 0 unspecified atom stereocenters. The van der Waals surface area contributed by atoms with Crippen LogP contribution in [0.5, 0.6) is 5.75 Å². The number of sulfonamides is 1. The number of nitrogens with one attached hydrogen (secondary N) is 2. The number of carbonyl (C=O) groups excluding carboxylic acids is 1. The van der Waals surface area contributed by atoms with Crippen molar-refractivity contribution in [3.05, 3.63) is 82.4 Å². The first-order chi connectivity index (χ1) is 15.9. The maximum Gasteiger partial charge on any atom is 0.416 e. The highest BCUT2D eigenvalue weighted by Gasteiger charge is 2.30. The van der Waals surface area contributed by atoms with Gasteiger partial charge in [0.15, 0.2) is 6.61 Å². The second-order valence-corrected chi connectivity index (χ2v) is 9.47. The summed E-state index contributed by atoms with van der Waals surface area (Å²) in [5.41, 5.74) is 1.19. The Bertz CT molecular complexity index is 1310. The molecule has 0 aliphatic heterocycles. The highest BCUT2D eigenvalue weighted by atomic mass is 35.5. The van der Waals surface area contributed by atoms with E-state index in [2.05, 4.69) is 10.0 Å². The minimum atomic E-state index is -4.62. The molecule has 3 aromatic rings. The van der Waals surface area contributed by atoms with Crippen molar-refractivity contribution in [3.63, 3.8) is 0 Å². The van der Waals surface area contributed by atoms with E-state index >= 15 is 0 Å². The van der Waals surface area contributed by atoms with Gasteiger partial charge in [-0.3, -0.25) is 9.52 Å². The summed E-state index contributed by atoms with van der Waals surface area (Å²) < 4.78 is 71.3. The Balaban J connectivity index is 1.69. The molecule has 180 valence electrons. The molecule has 0 aromatic heterocycles. The molecule has 0 aliphatic carbocycles. The molecule has 2 N–H and O–H groups in total. The maximum atomic E-state index is 12.9. The molecule has 0 radical (unpaired) electrons. The fourth-order valence-electron chi connectivity index (χ4n) is 3.07. The molecule has 0 fully saturated rings. The van der Waals surface area contributed by atoms with E-state index in [1.54, 1.807) is 0 Å². The van der Waals surface area contributed by atoms with Crippen LogP contribution >= 0.6 is 11.6 Å². The average molecular weight is 513 g/mol. The molecule has 0 aliphatic rings. The van der Waals surface area contributed by atoms with E-state index < -0.39 is 27.7 Å². The quantitative estimate of drug-likeness (QED) is 0.419. The molecule has 3 aromatic carbocycles. The molecular weight excluding hydrogens is 493 g/mol. The number of alkyl halides is 3. The summed E-state index contributed by atoms with van der Waals surface area (Å²) in [7, 11) is -4.23. The van der Waals surface area contributed by atoms with Gasteiger partial charge in [0.1, 0.15) is 5.75 Å². The van der Waals surface area contributed by atoms with Gasteiger partial charge in [-0.05, 0) is 61.4 Å².